The Morgan fingerprint density at radius 3 is 2.36 bits per heavy atom. The van der Waals surface area contributed by atoms with Crippen LogP contribution in [0.5, 0.6) is 11.5 Å². The number of halogens is 4. The lowest BCUT2D eigenvalue weighted by atomic mass is 10.1. The maximum Gasteiger partial charge on any atom is 0.573 e. The van der Waals surface area contributed by atoms with E-state index in [1.807, 2.05) is 6.92 Å². The minimum atomic E-state index is -4.84. The Hall–Kier alpha value is -3.20. The molecule has 0 fully saturated rings. The fourth-order valence-electron chi connectivity index (χ4n) is 3.46. The highest BCUT2D eigenvalue weighted by atomic mass is 35.5. The third-order valence-corrected chi connectivity index (χ3v) is 5.23. The number of rotatable bonds is 7. The Bertz CT molecular complexity index is 1190. The van der Waals surface area contributed by atoms with E-state index in [2.05, 4.69) is 4.74 Å². The highest BCUT2D eigenvalue weighted by Gasteiger charge is 2.31. The van der Waals surface area contributed by atoms with Crippen molar-refractivity contribution in [2.24, 2.45) is 0 Å². The van der Waals surface area contributed by atoms with Crippen LogP contribution in [0.1, 0.15) is 35.0 Å². The van der Waals surface area contributed by atoms with Crippen molar-refractivity contribution in [2.45, 2.75) is 33.1 Å². The zero-order valence-corrected chi connectivity index (χ0v) is 18.8. The molecule has 2 aromatic carbocycles. The normalized spacial score (nSPS) is 11.5. The first-order valence-corrected chi connectivity index (χ1v) is 10.4. The molecule has 1 heterocycles. The highest BCUT2D eigenvalue weighted by Crippen LogP contribution is 2.35. The molecule has 0 unspecified atom stereocenters. The van der Waals surface area contributed by atoms with Gasteiger partial charge in [-0.05, 0) is 55.3 Å². The van der Waals surface area contributed by atoms with E-state index in [0.717, 1.165) is 12.1 Å². The average molecular weight is 484 g/mol. The van der Waals surface area contributed by atoms with Crippen LogP contribution < -0.4 is 9.47 Å². The van der Waals surface area contributed by atoms with Crippen molar-refractivity contribution in [3.8, 4) is 11.5 Å². The van der Waals surface area contributed by atoms with Crippen molar-refractivity contribution >= 4 is 34.4 Å². The molecule has 0 bridgehead atoms. The summed E-state index contributed by atoms with van der Waals surface area (Å²) < 4.78 is 53.0. The molecule has 0 saturated heterocycles. The second-order valence-corrected chi connectivity index (χ2v) is 7.59. The number of hydrogen-bond donors (Lipinski definition) is 0. The zero-order chi connectivity index (χ0) is 24.3. The molecule has 0 spiro atoms. The fraction of sp³-hybridized carbons (Fsp3) is 0.304. The van der Waals surface area contributed by atoms with Crippen LogP contribution in [0.4, 0.5) is 13.2 Å². The second-order valence-electron chi connectivity index (χ2n) is 7.18. The molecule has 176 valence electrons. The molecule has 10 heteroatoms. The van der Waals surface area contributed by atoms with Gasteiger partial charge < -0.3 is 14.2 Å². The van der Waals surface area contributed by atoms with E-state index in [1.165, 1.54) is 23.8 Å². The Kier molecular flexibility index (Phi) is 7.22. The largest absolute Gasteiger partial charge is 0.573 e. The summed E-state index contributed by atoms with van der Waals surface area (Å²) in [6.07, 6.45) is -4.25. The molecule has 0 radical (unpaired) electrons. The standard InChI is InChI=1S/C23H21ClF3NO5/c1-4-9-32-21(29)11-16-13(2)28(19-12-18(24)20(31-3)10-17(16)19)22(30)14-5-7-15(8-6-14)33-23(25,26)27/h5-8,10,12H,4,9,11H2,1-3H3. The van der Waals surface area contributed by atoms with E-state index in [-0.39, 0.29) is 23.6 Å². The Morgan fingerprint density at radius 1 is 1.12 bits per heavy atom. The Balaban J connectivity index is 2.08. The van der Waals surface area contributed by atoms with Crippen LogP contribution in [0.25, 0.3) is 10.9 Å². The first-order valence-electron chi connectivity index (χ1n) is 9.99. The average Bonchev–Trinajstić information content (AvgIpc) is 3.00. The van der Waals surface area contributed by atoms with E-state index >= 15 is 0 Å². The van der Waals surface area contributed by atoms with Gasteiger partial charge in [0.05, 0.1) is 30.7 Å². The van der Waals surface area contributed by atoms with E-state index < -0.39 is 24.0 Å². The third kappa shape index (κ3) is 5.42. The van der Waals surface area contributed by atoms with Gasteiger partial charge in [0.1, 0.15) is 11.5 Å². The van der Waals surface area contributed by atoms with E-state index in [4.69, 9.17) is 21.1 Å². The molecule has 0 aliphatic heterocycles. The predicted molar refractivity (Wildman–Crippen MR) is 116 cm³/mol. The third-order valence-electron chi connectivity index (χ3n) is 4.93. The van der Waals surface area contributed by atoms with Crippen molar-refractivity contribution in [3.63, 3.8) is 0 Å². The van der Waals surface area contributed by atoms with E-state index in [0.29, 0.717) is 34.3 Å². The first-order chi connectivity index (χ1) is 15.6. The van der Waals surface area contributed by atoms with Crippen LogP contribution >= 0.6 is 11.6 Å². The summed E-state index contributed by atoms with van der Waals surface area (Å²) in [5.41, 5.74) is 1.59. The van der Waals surface area contributed by atoms with Gasteiger partial charge in [0, 0.05) is 16.6 Å². The number of ether oxygens (including phenoxy) is 3. The van der Waals surface area contributed by atoms with Gasteiger partial charge in [0.15, 0.2) is 0 Å². The van der Waals surface area contributed by atoms with Crippen LogP contribution in [0, 0.1) is 6.92 Å². The molecule has 6 nitrogen and oxygen atoms in total. The van der Waals surface area contributed by atoms with Gasteiger partial charge in [-0.25, -0.2) is 0 Å². The number of benzene rings is 2. The molecule has 3 rings (SSSR count). The summed E-state index contributed by atoms with van der Waals surface area (Å²) in [5.74, 6) is -1.04. The van der Waals surface area contributed by atoms with Crippen molar-refractivity contribution in [2.75, 3.05) is 13.7 Å². The number of hydrogen-bond acceptors (Lipinski definition) is 5. The van der Waals surface area contributed by atoms with Crippen molar-refractivity contribution < 1.29 is 37.0 Å². The molecule has 0 amide bonds. The van der Waals surface area contributed by atoms with Gasteiger partial charge in [0.2, 0.25) is 0 Å². The maximum atomic E-state index is 13.3. The molecule has 0 aliphatic carbocycles. The van der Waals surface area contributed by atoms with E-state index in [9.17, 15) is 22.8 Å². The number of aromatic nitrogens is 1. The van der Waals surface area contributed by atoms with Gasteiger partial charge in [-0.2, -0.15) is 0 Å². The summed E-state index contributed by atoms with van der Waals surface area (Å²) in [7, 11) is 1.45. The Labute approximate surface area is 192 Å². The topological polar surface area (TPSA) is 66.8 Å². The minimum Gasteiger partial charge on any atom is -0.495 e. The van der Waals surface area contributed by atoms with Gasteiger partial charge in [-0.15, -0.1) is 13.2 Å². The number of alkyl halides is 3. The summed E-state index contributed by atoms with van der Waals surface area (Å²) in [6.45, 7) is 3.82. The number of fused-ring (bicyclic) bond motifs is 1. The summed E-state index contributed by atoms with van der Waals surface area (Å²) in [6, 6.07) is 7.76. The summed E-state index contributed by atoms with van der Waals surface area (Å²) in [5, 5.41) is 0.832. The number of methoxy groups -OCH3 is 1. The molecule has 0 aliphatic rings. The smallest absolute Gasteiger partial charge is 0.495 e. The highest BCUT2D eigenvalue weighted by molar-refractivity contribution is 6.33. The fourth-order valence-corrected chi connectivity index (χ4v) is 3.70. The quantitative estimate of drug-likeness (QED) is 0.404. The van der Waals surface area contributed by atoms with Crippen molar-refractivity contribution in [3.05, 3.63) is 58.2 Å². The van der Waals surface area contributed by atoms with Crippen molar-refractivity contribution in [1.82, 2.24) is 4.57 Å². The second kappa shape index (κ2) is 9.74. The predicted octanol–water partition coefficient (Wildman–Crippen LogP) is 5.69. The number of esters is 1. The minimum absolute atomic E-state index is 0.0776. The summed E-state index contributed by atoms with van der Waals surface area (Å²) >= 11 is 6.28. The molecule has 3 aromatic rings. The first kappa shape index (κ1) is 24.4. The molecule has 33 heavy (non-hydrogen) atoms. The maximum absolute atomic E-state index is 13.3. The number of carbonyl (C=O) groups excluding carboxylic acids is 2. The molecule has 0 atom stereocenters. The number of nitrogens with zero attached hydrogens (tertiary/aromatic N) is 1. The molecule has 1 aromatic heterocycles. The van der Waals surface area contributed by atoms with Crippen LogP contribution in [0.2, 0.25) is 5.02 Å². The van der Waals surface area contributed by atoms with Gasteiger partial charge in [-0.1, -0.05) is 18.5 Å². The SMILES string of the molecule is CCCOC(=O)Cc1c(C)n(C(=O)c2ccc(OC(F)(F)F)cc2)c2cc(Cl)c(OC)cc12. The monoisotopic (exact) mass is 483 g/mol. The number of carbonyl (C=O) groups is 2. The molecular weight excluding hydrogens is 463 g/mol. The lowest BCUT2D eigenvalue weighted by Gasteiger charge is -2.11. The van der Waals surface area contributed by atoms with E-state index in [1.54, 1.807) is 19.1 Å². The van der Waals surface area contributed by atoms with Crippen LogP contribution in [-0.4, -0.2) is 36.5 Å². The lowest BCUT2D eigenvalue weighted by molar-refractivity contribution is -0.274. The van der Waals surface area contributed by atoms with Gasteiger partial charge in [-0.3, -0.25) is 14.2 Å². The van der Waals surface area contributed by atoms with Crippen LogP contribution in [0.3, 0.4) is 0 Å². The molecule has 0 saturated carbocycles. The zero-order valence-electron chi connectivity index (χ0n) is 18.1. The van der Waals surface area contributed by atoms with Crippen LogP contribution in [0.15, 0.2) is 36.4 Å². The summed E-state index contributed by atoms with van der Waals surface area (Å²) in [4.78, 5) is 25.6. The molecule has 0 N–H and O–H groups in total. The van der Waals surface area contributed by atoms with Gasteiger partial charge in [0.25, 0.3) is 5.91 Å². The Morgan fingerprint density at radius 2 is 1.79 bits per heavy atom. The molecular formula is C23H21ClF3NO5. The van der Waals surface area contributed by atoms with Crippen molar-refractivity contribution in [1.29, 1.82) is 0 Å². The van der Waals surface area contributed by atoms with Crippen LogP contribution in [-0.2, 0) is 16.0 Å². The van der Waals surface area contributed by atoms with Gasteiger partial charge >= 0.3 is 12.3 Å². The lowest BCUT2D eigenvalue weighted by Crippen LogP contribution is -2.17.